The summed E-state index contributed by atoms with van der Waals surface area (Å²) in [5.41, 5.74) is 2.24. The lowest BCUT2D eigenvalue weighted by molar-refractivity contribution is -0.122. The summed E-state index contributed by atoms with van der Waals surface area (Å²) in [7, 11) is -3.75. The molecule has 1 atom stereocenters. The Morgan fingerprint density at radius 1 is 1.11 bits per heavy atom. The van der Waals surface area contributed by atoms with E-state index in [2.05, 4.69) is 5.32 Å². The molecule has 5 nitrogen and oxygen atoms in total. The van der Waals surface area contributed by atoms with Crippen LogP contribution in [0.4, 0.5) is 5.69 Å². The van der Waals surface area contributed by atoms with Crippen molar-refractivity contribution in [3.05, 3.63) is 59.7 Å². The predicted molar refractivity (Wildman–Crippen MR) is 107 cm³/mol. The van der Waals surface area contributed by atoms with Gasteiger partial charge in [-0.1, -0.05) is 35.9 Å². The SMILES string of the molecule is Cc1ccc(S(=O)(=O)N2c3ccccc3CC2CC(=O)NC(C)(C)C)cc1. The molecule has 1 unspecified atom stereocenters. The van der Waals surface area contributed by atoms with Crippen molar-refractivity contribution in [2.45, 2.75) is 57.0 Å². The van der Waals surface area contributed by atoms with E-state index in [0.717, 1.165) is 11.1 Å². The Morgan fingerprint density at radius 2 is 1.74 bits per heavy atom. The summed E-state index contributed by atoms with van der Waals surface area (Å²) in [6.45, 7) is 7.65. The van der Waals surface area contributed by atoms with Crippen LogP contribution in [0.1, 0.15) is 38.3 Å². The number of hydrogen-bond acceptors (Lipinski definition) is 3. The zero-order valence-corrected chi connectivity index (χ0v) is 17.0. The van der Waals surface area contributed by atoms with E-state index in [1.165, 1.54) is 4.31 Å². The first-order chi connectivity index (χ1) is 12.6. The van der Waals surface area contributed by atoms with E-state index in [1.807, 2.05) is 52.0 Å². The molecule has 0 radical (unpaired) electrons. The van der Waals surface area contributed by atoms with E-state index in [-0.39, 0.29) is 22.8 Å². The minimum Gasteiger partial charge on any atom is -0.351 e. The van der Waals surface area contributed by atoms with Crippen molar-refractivity contribution >= 4 is 21.6 Å². The van der Waals surface area contributed by atoms with Crippen LogP contribution < -0.4 is 9.62 Å². The largest absolute Gasteiger partial charge is 0.351 e. The van der Waals surface area contributed by atoms with Gasteiger partial charge in [0, 0.05) is 12.0 Å². The van der Waals surface area contributed by atoms with Crippen LogP contribution in [0.25, 0.3) is 0 Å². The average molecular weight is 387 g/mol. The number of hydrogen-bond donors (Lipinski definition) is 1. The minimum absolute atomic E-state index is 0.122. The molecule has 2 aromatic carbocycles. The van der Waals surface area contributed by atoms with Gasteiger partial charge in [0.2, 0.25) is 5.91 Å². The second-order valence-corrected chi connectivity index (χ2v) is 9.92. The van der Waals surface area contributed by atoms with Gasteiger partial charge < -0.3 is 5.32 Å². The van der Waals surface area contributed by atoms with Crippen LogP contribution in [0.5, 0.6) is 0 Å². The van der Waals surface area contributed by atoms with Gasteiger partial charge in [0.15, 0.2) is 0 Å². The maximum atomic E-state index is 13.4. The smallest absolute Gasteiger partial charge is 0.264 e. The van der Waals surface area contributed by atoms with Crippen molar-refractivity contribution in [2.75, 3.05) is 4.31 Å². The molecule has 1 aliphatic rings. The molecule has 6 heteroatoms. The van der Waals surface area contributed by atoms with Gasteiger partial charge in [-0.05, 0) is 57.9 Å². The molecule has 1 heterocycles. The summed E-state index contributed by atoms with van der Waals surface area (Å²) in [6.07, 6.45) is 0.649. The first kappa shape index (κ1) is 19.4. The third kappa shape index (κ3) is 4.16. The topological polar surface area (TPSA) is 66.5 Å². The molecule has 1 aliphatic heterocycles. The number of nitrogens with one attached hydrogen (secondary N) is 1. The van der Waals surface area contributed by atoms with Gasteiger partial charge in [0.25, 0.3) is 10.0 Å². The Morgan fingerprint density at radius 3 is 2.37 bits per heavy atom. The summed E-state index contributed by atoms with van der Waals surface area (Å²) in [4.78, 5) is 12.7. The molecular formula is C21H26N2O3S. The van der Waals surface area contributed by atoms with E-state index in [4.69, 9.17) is 0 Å². The van der Waals surface area contributed by atoms with Gasteiger partial charge in [-0.15, -0.1) is 0 Å². The van der Waals surface area contributed by atoms with Crippen LogP contribution in [-0.4, -0.2) is 25.9 Å². The molecule has 3 rings (SSSR count). The van der Waals surface area contributed by atoms with E-state index in [0.29, 0.717) is 12.1 Å². The number of carbonyl (C=O) groups excluding carboxylic acids is 1. The van der Waals surface area contributed by atoms with Crippen LogP contribution in [0.3, 0.4) is 0 Å². The normalized spacial score (nSPS) is 16.9. The number of fused-ring (bicyclic) bond motifs is 1. The van der Waals surface area contributed by atoms with Crippen LogP contribution in [0.2, 0.25) is 0 Å². The van der Waals surface area contributed by atoms with Crippen molar-refractivity contribution in [1.82, 2.24) is 5.32 Å². The maximum absolute atomic E-state index is 13.4. The molecule has 27 heavy (non-hydrogen) atoms. The number of sulfonamides is 1. The van der Waals surface area contributed by atoms with Gasteiger partial charge >= 0.3 is 0 Å². The Kier molecular flexibility index (Phi) is 5.04. The lowest BCUT2D eigenvalue weighted by Gasteiger charge is -2.28. The fourth-order valence-corrected chi connectivity index (χ4v) is 5.11. The number of carbonyl (C=O) groups is 1. The first-order valence-corrected chi connectivity index (χ1v) is 10.5. The van der Waals surface area contributed by atoms with E-state index >= 15 is 0 Å². The fourth-order valence-electron chi connectivity index (χ4n) is 3.42. The third-order valence-corrected chi connectivity index (χ3v) is 6.41. The lowest BCUT2D eigenvalue weighted by Crippen LogP contribution is -2.45. The standard InChI is InChI=1S/C21H26N2O3S/c1-15-9-11-18(12-10-15)27(25,26)23-17(14-20(24)22-21(2,3)4)13-16-7-5-6-8-19(16)23/h5-12,17H,13-14H2,1-4H3,(H,22,24). The molecule has 1 amide bonds. The third-order valence-electron chi connectivity index (χ3n) is 4.53. The molecule has 0 bridgehead atoms. The number of aryl methyl sites for hydroxylation is 1. The van der Waals surface area contributed by atoms with Crippen LogP contribution in [0.15, 0.2) is 53.4 Å². The Labute approximate surface area is 161 Å². The number of rotatable bonds is 4. The fraction of sp³-hybridized carbons (Fsp3) is 0.381. The van der Waals surface area contributed by atoms with Gasteiger partial charge in [-0.3, -0.25) is 9.10 Å². The quantitative estimate of drug-likeness (QED) is 0.876. The monoisotopic (exact) mass is 386 g/mol. The van der Waals surface area contributed by atoms with Gasteiger partial charge in [-0.25, -0.2) is 8.42 Å². The number of benzene rings is 2. The number of amides is 1. The van der Waals surface area contributed by atoms with E-state index in [1.54, 1.807) is 24.3 Å². The second kappa shape index (κ2) is 7.00. The Bertz CT molecular complexity index is 944. The summed E-state index contributed by atoms with van der Waals surface area (Å²) < 4.78 is 28.2. The number of nitrogens with zero attached hydrogens (tertiary/aromatic N) is 1. The minimum atomic E-state index is -3.75. The van der Waals surface area contributed by atoms with Crippen molar-refractivity contribution in [1.29, 1.82) is 0 Å². The second-order valence-electron chi connectivity index (χ2n) is 8.10. The molecule has 0 fully saturated rings. The van der Waals surface area contributed by atoms with E-state index < -0.39 is 16.1 Å². The lowest BCUT2D eigenvalue weighted by atomic mass is 10.1. The molecule has 1 N–H and O–H groups in total. The highest BCUT2D eigenvalue weighted by molar-refractivity contribution is 7.92. The molecule has 2 aromatic rings. The van der Waals surface area contributed by atoms with Gasteiger partial charge in [0.1, 0.15) is 0 Å². The van der Waals surface area contributed by atoms with Crippen molar-refractivity contribution < 1.29 is 13.2 Å². The molecule has 0 saturated carbocycles. The molecule has 0 saturated heterocycles. The first-order valence-electron chi connectivity index (χ1n) is 9.08. The maximum Gasteiger partial charge on any atom is 0.264 e. The summed E-state index contributed by atoms with van der Waals surface area (Å²) >= 11 is 0. The van der Waals surface area contributed by atoms with Crippen LogP contribution >= 0.6 is 0 Å². The van der Waals surface area contributed by atoms with Crippen molar-refractivity contribution in [3.63, 3.8) is 0 Å². The average Bonchev–Trinajstić information content (AvgIpc) is 2.91. The molecule has 0 aromatic heterocycles. The summed E-state index contributed by atoms with van der Waals surface area (Å²) in [5, 5.41) is 2.93. The van der Waals surface area contributed by atoms with Crippen molar-refractivity contribution in [2.24, 2.45) is 0 Å². The predicted octanol–water partition coefficient (Wildman–Crippen LogP) is 3.42. The summed E-state index contributed by atoms with van der Waals surface area (Å²) in [5.74, 6) is -0.149. The number of para-hydroxylation sites is 1. The van der Waals surface area contributed by atoms with E-state index in [9.17, 15) is 13.2 Å². The van der Waals surface area contributed by atoms with Crippen LogP contribution in [-0.2, 0) is 21.2 Å². The zero-order chi connectivity index (χ0) is 19.8. The van der Waals surface area contributed by atoms with Gasteiger partial charge in [0.05, 0.1) is 16.6 Å². The number of anilines is 1. The highest BCUT2D eigenvalue weighted by atomic mass is 32.2. The van der Waals surface area contributed by atoms with Crippen molar-refractivity contribution in [3.8, 4) is 0 Å². The van der Waals surface area contributed by atoms with Crippen LogP contribution in [0, 0.1) is 6.92 Å². The molecule has 0 spiro atoms. The molecule has 144 valence electrons. The Balaban J connectivity index is 1.97. The Hall–Kier alpha value is -2.34. The zero-order valence-electron chi connectivity index (χ0n) is 16.2. The highest BCUT2D eigenvalue weighted by Crippen LogP contribution is 2.37. The summed E-state index contributed by atoms with van der Waals surface area (Å²) in [6, 6.07) is 13.8. The molecule has 0 aliphatic carbocycles. The molecular weight excluding hydrogens is 360 g/mol. The highest BCUT2D eigenvalue weighted by Gasteiger charge is 2.39. The van der Waals surface area contributed by atoms with Gasteiger partial charge in [-0.2, -0.15) is 0 Å².